The van der Waals surface area contributed by atoms with E-state index in [1.165, 1.54) is 0 Å². The normalized spacial score (nSPS) is 57.3. The quantitative estimate of drug-likeness (QED) is 0.254. The van der Waals surface area contributed by atoms with Crippen LogP contribution in [-0.4, -0.2) is 35.4 Å². The van der Waals surface area contributed by atoms with Crippen molar-refractivity contribution in [1.29, 1.82) is 0 Å². The Hall–Kier alpha value is 1.75. The summed E-state index contributed by atoms with van der Waals surface area (Å²) < 4.78 is 41.1. The van der Waals surface area contributed by atoms with E-state index < -0.39 is 20.7 Å². The van der Waals surface area contributed by atoms with Gasteiger partial charge in [-0.1, -0.05) is 0 Å². The van der Waals surface area contributed by atoms with E-state index >= 15 is 0 Å². The molecule has 2 heterocycles. The summed E-state index contributed by atoms with van der Waals surface area (Å²) in [4.78, 5) is 11.4. The fourth-order valence-corrected chi connectivity index (χ4v) is 1.65. The molecule has 0 amide bonds. The van der Waals surface area contributed by atoms with Crippen LogP contribution >= 0.6 is 7.67 Å². The summed E-state index contributed by atoms with van der Waals surface area (Å²) in [5.41, 5.74) is 0. The zero-order valence-corrected chi connectivity index (χ0v) is 9.59. The molecule has 10 heavy (non-hydrogen) atoms. The first-order valence-corrected chi connectivity index (χ1v) is 4.08. The van der Waals surface area contributed by atoms with Gasteiger partial charge in [0.2, 0.25) is 0 Å². The molecule has 6 heteroatoms. The molecular formula is C4H8KN2O2P. The molecule has 2 atom stereocenters. The molecule has 0 spiro atoms. The molecule has 4 nitrogen and oxygen atoms in total. The minimum absolute atomic E-state index is 0. The molecule has 2 unspecified atom stereocenters. The van der Waals surface area contributed by atoms with Crippen LogP contribution in [0.4, 0.5) is 0 Å². The Morgan fingerprint density at radius 3 is 1.90 bits per heavy atom. The average Bonchev–Trinajstić information content (AvgIpc) is 2.71. The average molecular weight is 190 g/mol. The Balaban J connectivity index is 0.000000980. The minimum Gasteiger partial charge on any atom is -0.776 e. The molecule has 0 N–H and O–H groups in total. The van der Waals surface area contributed by atoms with Gasteiger partial charge in [0.15, 0.2) is 0 Å². The van der Waals surface area contributed by atoms with Crippen molar-refractivity contribution in [3.8, 4) is 0 Å². The summed E-state index contributed by atoms with van der Waals surface area (Å²) in [6, 6.07) is 0. The third kappa shape index (κ3) is 1.91. The first-order chi connectivity index (χ1) is 5.68. The largest absolute Gasteiger partial charge is 1.00 e. The molecule has 0 aliphatic carbocycles. The third-order valence-electron chi connectivity index (χ3n) is 1.21. The van der Waals surface area contributed by atoms with Crippen LogP contribution in [0.3, 0.4) is 0 Å². The molecule has 2 saturated heterocycles. The van der Waals surface area contributed by atoms with Crippen molar-refractivity contribution < 1.29 is 66.3 Å². The first kappa shape index (κ1) is 5.47. The summed E-state index contributed by atoms with van der Waals surface area (Å²) in [6.07, 6.45) is 0. The van der Waals surface area contributed by atoms with E-state index in [0.717, 1.165) is 0 Å². The molecule has 52 valence electrons. The summed E-state index contributed by atoms with van der Waals surface area (Å²) >= 11 is 0. The van der Waals surface area contributed by atoms with E-state index in [0.29, 0.717) is 9.34 Å². The Labute approximate surface area is 108 Å². The maximum absolute atomic E-state index is 11.4. The number of rotatable bonds is 2. The molecular weight excluding hydrogens is 178 g/mol. The van der Waals surface area contributed by atoms with E-state index in [2.05, 4.69) is 0 Å². The molecule has 0 aromatic rings. The number of hydrogen-bond acceptors (Lipinski definition) is 2. The second-order valence-electron chi connectivity index (χ2n) is 1.92. The van der Waals surface area contributed by atoms with Gasteiger partial charge >= 0.3 is 51.4 Å². The molecule has 2 fully saturated rings. The molecule has 2 rings (SSSR count). The maximum atomic E-state index is 11.4. The smallest absolute Gasteiger partial charge is 0.776 e. The Bertz CT molecular complexity index is 288. The van der Waals surface area contributed by atoms with Gasteiger partial charge in [-0.25, -0.2) is 9.34 Å². The summed E-state index contributed by atoms with van der Waals surface area (Å²) in [5, 5.41) is 0. The van der Waals surface area contributed by atoms with Crippen molar-refractivity contribution in [3.05, 3.63) is 0 Å². The van der Waals surface area contributed by atoms with Crippen LogP contribution in [0.1, 0.15) is 5.48 Å². The molecule has 0 bridgehead atoms. The predicted octanol–water partition coefficient (Wildman–Crippen LogP) is -3.91. The molecule has 0 saturated carbocycles. The van der Waals surface area contributed by atoms with Gasteiger partial charge in [-0.2, -0.15) is 0 Å². The summed E-state index contributed by atoms with van der Waals surface area (Å²) in [5.74, 6) is 0. The SMILES string of the molecule is [2H]C1([2H])CN1P(=O)([O-])N1CC1([2H])[2H].[K+]. The molecule has 2 aliphatic rings. The topological polar surface area (TPSA) is 46.1 Å². The van der Waals surface area contributed by atoms with Gasteiger partial charge in [-0.05, 0) is 0 Å². The van der Waals surface area contributed by atoms with Gasteiger partial charge in [0.1, 0.15) is 7.67 Å². The van der Waals surface area contributed by atoms with Crippen LogP contribution in [0.5, 0.6) is 0 Å². The van der Waals surface area contributed by atoms with Gasteiger partial charge in [0, 0.05) is 31.6 Å². The van der Waals surface area contributed by atoms with Crippen molar-refractivity contribution in [2.24, 2.45) is 0 Å². The van der Waals surface area contributed by atoms with E-state index in [-0.39, 0.29) is 64.5 Å². The van der Waals surface area contributed by atoms with Crippen LogP contribution in [0.2, 0.25) is 0 Å². The van der Waals surface area contributed by atoms with E-state index in [9.17, 15) is 9.46 Å². The molecule has 0 radical (unpaired) electrons. The summed E-state index contributed by atoms with van der Waals surface area (Å²) in [6.45, 7) is -3.95. The van der Waals surface area contributed by atoms with Crippen molar-refractivity contribution in [3.63, 3.8) is 0 Å². The monoisotopic (exact) mass is 190 g/mol. The van der Waals surface area contributed by atoms with Crippen LogP contribution < -0.4 is 56.3 Å². The van der Waals surface area contributed by atoms with Gasteiger partial charge in [-0.15, -0.1) is 0 Å². The minimum atomic E-state index is -4.19. The molecule has 0 aromatic carbocycles. The van der Waals surface area contributed by atoms with Crippen LogP contribution in [0, 0.1) is 0 Å². The zero-order chi connectivity index (χ0) is 10.1. The molecule has 2 aliphatic heterocycles. The second kappa shape index (κ2) is 3.24. The zero-order valence-electron chi connectivity index (χ0n) is 9.57. The Morgan fingerprint density at radius 1 is 1.40 bits per heavy atom. The van der Waals surface area contributed by atoms with Gasteiger partial charge in [0.05, 0.1) is 0 Å². The van der Waals surface area contributed by atoms with Crippen LogP contribution in [0.25, 0.3) is 0 Å². The fraction of sp³-hybridized carbons (Fsp3) is 1.00. The van der Waals surface area contributed by atoms with Crippen molar-refractivity contribution >= 4 is 7.67 Å². The van der Waals surface area contributed by atoms with E-state index in [4.69, 9.17) is 5.48 Å². The van der Waals surface area contributed by atoms with Crippen molar-refractivity contribution in [2.75, 3.05) is 26.1 Å². The Morgan fingerprint density at radius 2 is 1.70 bits per heavy atom. The third-order valence-corrected chi connectivity index (χ3v) is 3.00. The maximum Gasteiger partial charge on any atom is 1.00 e. The van der Waals surface area contributed by atoms with Gasteiger partial charge < -0.3 is 9.46 Å². The number of nitrogens with zero attached hydrogens (tertiary/aromatic N) is 2. The van der Waals surface area contributed by atoms with E-state index in [1.54, 1.807) is 0 Å². The van der Waals surface area contributed by atoms with E-state index in [1.807, 2.05) is 0 Å². The second-order valence-corrected chi connectivity index (χ2v) is 3.87. The van der Waals surface area contributed by atoms with Gasteiger partial charge in [0.25, 0.3) is 0 Å². The first-order valence-electron chi connectivity index (χ1n) is 4.55. The standard InChI is InChI=1S/C4H9N2O2P.K/c7-9(8,5-1-2-5)6-3-4-6;/h1-4H2,(H,7,8);/q;+1/p-1/i1D2,3D2;. The Kier molecular flexibility index (Phi) is 1.77. The van der Waals surface area contributed by atoms with Crippen molar-refractivity contribution in [1.82, 2.24) is 9.34 Å². The molecule has 0 aromatic heterocycles. The van der Waals surface area contributed by atoms with Crippen molar-refractivity contribution in [2.45, 2.75) is 0 Å². The van der Waals surface area contributed by atoms with Gasteiger partial charge in [-0.3, -0.25) is 0 Å². The van der Waals surface area contributed by atoms with Crippen LogP contribution in [-0.2, 0) is 4.57 Å². The fourth-order valence-electron chi connectivity index (χ4n) is 0.551. The summed E-state index contributed by atoms with van der Waals surface area (Å²) in [7, 11) is -4.19. The van der Waals surface area contributed by atoms with Crippen LogP contribution in [0.15, 0.2) is 0 Å². The predicted molar refractivity (Wildman–Crippen MR) is 30.8 cm³/mol. The number of hydrogen-bond donors (Lipinski definition) is 0.